The third kappa shape index (κ3) is 6.81. The lowest BCUT2D eigenvalue weighted by Gasteiger charge is -2.26. The third-order valence-electron chi connectivity index (χ3n) is 6.44. The molecule has 0 bridgehead atoms. The second-order valence-corrected chi connectivity index (χ2v) is 12.8. The van der Waals surface area contributed by atoms with E-state index in [4.69, 9.17) is 9.47 Å². The Morgan fingerprint density at radius 1 is 1.02 bits per heavy atom. The number of rotatable bonds is 10. The summed E-state index contributed by atoms with van der Waals surface area (Å²) >= 11 is 4.99. The van der Waals surface area contributed by atoms with Crippen molar-refractivity contribution in [2.24, 2.45) is 0 Å². The van der Waals surface area contributed by atoms with Crippen LogP contribution in [0.25, 0.3) is 5.69 Å². The Balaban J connectivity index is 1.33. The van der Waals surface area contributed by atoms with Crippen molar-refractivity contribution in [1.29, 1.82) is 0 Å². The number of para-hydroxylation sites is 2. The van der Waals surface area contributed by atoms with Gasteiger partial charge in [0, 0.05) is 28.9 Å². The Hall–Kier alpha value is -3.23. The summed E-state index contributed by atoms with van der Waals surface area (Å²) in [5.74, 6) is 1.47. The van der Waals surface area contributed by atoms with Crippen LogP contribution in [0, 0.1) is 0 Å². The van der Waals surface area contributed by atoms with Crippen molar-refractivity contribution in [3.8, 4) is 11.4 Å². The molecule has 1 saturated heterocycles. The van der Waals surface area contributed by atoms with E-state index < -0.39 is 10.0 Å². The Labute approximate surface area is 251 Å². The molecule has 1 aliphatic rings. The summed E-state index contributed by atoms with van der Waals surface area (Å²) in [5, 5.41) is 12.3. The summed E-state index contributed by atoms with van der Waals surface area (Å²) in [6, 6.07) is 21.5. The van der Waals surface area contributed by atoms with Crippen LogP contribution in [-0.4, -0.2) is 66.8 Å². The van der Waals surface area contributed by atoms with Gasteiger partial charge in [0.2, 0.25) is 10.0 Å². The van der Waals surface area contributed by atoms with E-state index in [1.165, 1.54) is 40.3 Å². The van der Waals surface area contributed by atoms with Crippen LogP contribution < -0.4 is 10.1 Å². The zero-order chi connectivity index (χ0) is 28.8. The molecule has 5 rings (SSSR count). The Bertz CT molecular complexity index is 1610. The van der Waals surface area contributed by atoms with Crippen molar-refractivity contribution in [3.05, 3.63) is 94.2 Å². The third-order valence-corrected chi connectivity index (χ3v) is 9.88. The number of hydrogen-bond donors (Lipinski definition) is 1. The minimum Gasteiger partial charge on any atom is -0.495 e. The highest BCUT2D eigenvalue weighted by atomic mass is 79.9. The zero-order valence-corrected chi connectivity index (χ0v) is 25.4. The summed E-state index contributed by atoms with van der Waals surface area (Å²) < 4.78 is 40.9. The monoisotopic (exact) mass is 657 g/mol. The van der Waals surface area contributed by atoms with Crippen LogP contribution in [0.5, 0.6) is 5.75 Å². The van der Waals surface area contributed by atoms with Gasteiger partial charge in [-0.1, -0.05) is 52.0 Å². The lowest BCUT2D eigenvalue weighted by atomic mass is 10.2. The van der Waals surface area contributed by atoms with E-state index in [1.807, 2.05) is 53.1 Å². The second-order valence-electron chi connectivity index (χ2n) is 9.04. The van der Waals surface area contributed by atoms with Gasteiger partial charge in [0.1, 0.15) is 5.75 Å². The Kier molecular flexibility index (Phi) is 9.40. The molecule has 0 spiro atoms. The van der Waals surface area contributed by atoms with Crippen LogP contribution >= 0.6 is 27.7 Å². The molecule has 0 unspecified atom stereocenters. The van der Waals surface area contributed by atoms with Gasteiger partial charge < -0.3 is 14.8 Å². The van der Waals surface area contributed by atoms with Crippen molar-refractivity contribution in [2.75, 3.05) is 33.4 Å². The summed E-state index contributed by atoms with van der Waals surface area (Å²) in [6.07, 6.45) is 0. The first kappa shape index (κ1) is 29.3. The van der Waals surface area contributed by atoms with Crippen LogP contribution in [0.15, 0.2) is 87.3 Å². The molecule has 214 valence electrons. The van der Waals surface area contributed by atoms with Gasteiger partial charge >= 0.3 is 0 Å². The maximum atomic E-state index is 13.0. The molecular formula is C28H28BrN5O5S2. The number of carbonyl (C=O) groups excluding carboxylic acids is 1. The number of nitrogens with zero attached hydrogens (tertiary/aromatic N) is 4. The molecule has 1 N–H and O–H groups in total. The van der Waals surface area contributed by atoms with Crippen LogP contribution in [0.4, 0.5) is 0 Å². The average molecular weight is 659 g/mol. The summed E-state index contributed by atoms with van der Waals surface area (Å²) in [5.41, 5.74) is 2.21. The van der Waals surface area contributed by atoms with Gasteiger partial charge in [-0.15, -0.1) is 10.2 Å². The van der Waals surface area contributed by atoms with Crippen molar-refractivity contribution in [3.63, 3.8) is 0 Å². The van der Waals surface area contributed by atoms with E-state index in [1.54, 1.807) is 7.11 Å². The fourth-order valence-corrected chi connectivity index (χ4v) is 6.86. The van der Waals surface area contributed by atoms with Gasteiger partial charge in [-0.25, -0.2) is 8.42 Å². The quantitative estimate of drug-likeness (QED) is 0.251. The number of carbonyl (C=O) groups is 1. The second kappa shape index (κ2) is 13.2. The first-order chi connectivity index (χ1) is 19.9. The predicted octanol–water partition coefficient (Wildman–Crippen LogP) is 4.28. The van der Waals surface area contributed by atoms with E-state index in [2.05, 4.69) is 31.4 Å². The molecule has 13 heteroatoms. The fraction of sp³-hybridized carbons (Fsp3) is 0.250. The molecule has 1 aromatic heterocycles. The standard InChI is InChI=1S/C28H28BrN5O5S2/c1-38-25-5-3-2-4-24(25)34-26(31-32-28(34)40-19-20-6-10-22(29)11-7-20)18-30-27(35)21-8-12-23(13-9-21)41(36,37)33-14-16-39-17-15-33/h2-13H,14-19H2,1H3,(H,30,35). The van der Waals surface area contributed by atoms with E-state index in [9.17, 15) is 13.2 Å². The lowest BCUT2D eigenvalue weighted by Crippen LogP contribution is -2.40. The first-order valence-corrected chi connectivity index (χ1v) is 16.0. The molecule has 0 aliphatic carbocycles. The van der Waals surface area contributed by atoms with Crippen molar-refractivity contribution in [1.82, 2.24) is 24.4 Å². The molecular weight excluding hydrogens is 630 g/mol. The van der Waals surface area contributed by atoms with E-state index >= 15 is 0 Å². The molecule has 4 aromatic rings. The summed E-state index contributed by atoms with van der Waals surface area (Å²) in [4.78, 5) is 13.2. The maximum absolute atomic E-state index is 13.0. The van der Waals surface area contributed by atoms with Gasteiger partial charge in [0.15, 0.2) is 11.0 Å². The van der Waals surface area contributed by atoms with Gasteiger partial charge in [0.05, 0.1) is 37.5 Å². The molecule has 2 heterocycles. The number of ether oxygens (including phenoxy) is 2. The number of sulfonamides is 1. The largest absolute Gasteiger partial charge is 0.495 e. The van der Waals surface area contributed by atoms with E-state index in [0.29, 0.717) is 54.3 Å². The SMILES string of the molecule is COc1ccccc1-n1c(CNC(=O)c2ccc(S(=O)(=O)N3CCOCC3)cc2)nnc1SCc1ccc(Br)cc1. The van der Waals surface area contributed by atoms with Crippen LogP contribution in [0.1, 0.15) is 21.7 Å². The number of methoxy groups -OCH3 is 1. The van der Waals surface area contributed by atoms with Crippen LogP contribution in [0.3, 0.4) is 0 Å². The molecule has 0 radical (unpaired) electrons. The lowest BCUT2D eigenvalue weighted by molar-refractivity contribution is 0.0730. The van der Waals surface area contributed by atoms with E-state index in [-0.39, 0.29) is 17.3 Å². The average Bonchev–Trinajstić information content (AvgIpc) is 3.42. The van der Waals surface area contributed by atoms with Crippen LogP contribution in [0.2, 0.25) is 0 Å². The molecule has 0 saturated carbocycles. The molecule has 1 amide bonds. The Morgan fingerprint density at radius 3 is 2.44 bits per heavy atom. The van der Waals surface area contributed by atoms with Gasteiger partial charge in [-0.3, -0.25) is 9.36 Å². The number of nitrogens with one attached hydrogen (secondary N) is 1. The van der Waals surface area contributed by atoms with Crippen molar-refractivity contribution in [2.45, 2.75) is 22.3 Å². The highest BCUT2D eigenvalue weighted by molar-refractivity contribution is 9.10. The summed E-state index contributed by atoms with van der Waals surface area (Å²) in [6.45, 7) is 1.44. The number of thioether (sulfide) groups is 1. The number of halogens is 1. The number of morpholine rings is 1. The maximum Gasteiger partial charge on any atom is 0.251 e. The normalized spacial score (nSPS) is 14.1. The minimum absolute atomic E-state index is 0.0938. The number of aromatic nitrogens is 3. The topological polar surface area (TPSA) is 116 Å². The molecule has 10 nitrogen and oxygen atoms in total. The van der Waals surface area contributed by atoms with E-state index in [0.717, 1.165) is 15.7 Å². The highest BCUT2D eigenvalue weighted by Gasteiger charge is 2.26. The molecule has 1 aliphatic heterocycles. The Morgan fingerprint density at radius 2 is 1.73 bits per heavy atom. The van der Waals surface area contributed by atoms with Gasteiger partial charge in [-0.05, 0) is 54.1 Å². The molecule has 1 fully saturated rings. The van der Waals surface area contributed by atoms with Gasteiger partial charge in [0.25, 0.3) is 5.91 Å². The predicted molar refractivity (Wildman–Crippen MR) is 159 cm³/mol. The number of amides is 1. The molecule has 41 heavy (non-hydrogen) atoms. The van der Waals surface area contributed by atoms with Crippen molar-refractivity contribution < 1.29 is 22.7 Å². The summed E-state index contributed by atoms with van der Waals surface area (Å²) in [7, 11) is -2.04. The first-order valence-electron chi connectivity index (χ1n) is 12.8. The number of hydrogen-bond acceptors (Lipinski definition) is 8. The highest BCUT2D eigenvalue weighted by Crippen LogP contribution is 2.30. The molecule has 0 atom stereocenters. The van der Waals surface area contributed by atoms with Crippen LogP contribution in [-0.2, 0) is 27.1 Å². The zero-order valence-electron chi connectivity index (χ0n) is 22.2. The van der Waals surface area contributed by atoms with Gasteiger partial charge in [-0.2, -0.15) is 4.31 Å². The number of benzene rings is 3. The van der Waals surface area contributed by atoms with Crippen molar-refractivity contribution >= 4 is 43.6 Å². The smallest absolute Gasteiger partial charge is 0.251 e. The fourth-order valence-electron chi connectivity index (χ4n) is 4.27. The molecule has 3 aromatic carbocycles. The minimum atomic E-state index is -3.64.